The lowest BCUT2D eigenvalue weighted by atomic mass is 9.80. The van der Waals surface area contributed by atoms with E-state index in [0.717, 1.165) is 56.3 Å². The van der Waals surface area contributed by atoms with E-state index in [4.69, 9.17) is 15.0 Å². The molecule has 3 heterocycles. The summed E-state index contributed by atoms with van der Waals surface area (Å²) < 4.78 is 0. The summed E-state index contributed by atoms with van der Waals surface area (Å²) in [6.07, 6.45) is 8.19. The molecule has 1 aromatic carbocycles. The zero-order valence-electron chi connectivity index (χ0n) is 20.6. The maximum Gasteiger partial charge on any atom is 0.251 e. The largest absolute Gasteiger partial charge is 0.349 e. The summed E-state index contributed by atoms with van der Waals surface area (Å²) in [7, 11) is 2.14. The van der Waals surface area contributed by atoms with Gasteiger partial charge in [0.25, 0.3) is 5.91 Å². The van der Waals surface area contributed by atoms with Crippen molar-refractivity contribution in [3.63, 3.8) is 0 Å². The van der Waals surface area contributed by atoms with Gasteiger partial charge in [0.15, 0.2) is 5.16 Å². The summed E-state index contributed by atoms with van der Waals surface area (Å²) in [5.41, 5.74) is 2.09. The molecule has 2 N–H and O–H groups in total. The van der Waals surface area contributed by atoms with E-state index in [1.54, 1.807) is 0 Å². The summed E-state index contributed by atoms with van der Waals surface area (Å²) in [6.45, 7) is 4.47. The molecule has 2 aliphatic carbocycles. The number of amides is 1. The van der Waals surface area contributed by atoms with Crippen molar-refractivity contribution in [3.8, 4) is 0 Å². The fraction of sp³-hybridized carbons (Fsp3) is 0.500. The average molecular weight is 505 g/mol. The monoisotopic (exact) mass is 504 g/mol. The van der Waals surface area contributed by atoms with Crippen LogP contribution in [0.25, 0.3) is 0 Å². The van der Waals surface area contributed by atoms with Gasteiger partial charge in [-0.25, -0.2) is 0 Å². The molecule has 3 fully saturated rings. The highest BCUT2D eigenvalue weighted by Crippen LogP contribution is 2.35. The van der Waals surface area contributed by atoms with E-state index >= 15 is 0 Å². The lowest BCUT2D eigenvalue weighted by molar-refractivity contribution is 0.0951. The highest BCUT2D eigenvalue weighted by molar-refractivity contribution is 7.99. The minimum atomic E-state index is -0.00952. The van der Waals surface area contributed by atoms with Crippen molar-refractivity contribution in [1.82, 2.24) is 25.2 Å². The number of nitrogens with zero attached hydrogens (tertiary/aromatic N) is 6. The molecule has 1 amide bonds. The second-order valence-electron chi connectivity index (χ2n) is 10.1. The average Bonchev–Trinajstić information content (AvgIpc) is 3.55. The number of amidine groups is 1. The van der Waals surface area contributed by atoms with E-state index in [0.29, 0.717) is 34.6 Å². The normalized spacial score (nSPS) is 20.5. The minimum Gasteiger partial charge on any atom is -0.349 e. The molecule has 4 aliphatic rings. The van der Waals surface area contributed by atoms with Crippen LogP contribution < -0.4 is 15.5 Å². The smallest absolute Gasteiger partial charge is 0.251 e. The van der Waals surface area contributed by atoms with Crippen LogP contribution in [-0.2, 0) is 0 Å². The first kappa shape index (κ1) is 23.4. The number of carbonyl (C=O) groups excluding carboxylic acids is 1. The molecule has 188 valence electrons. The Morgan fingerprint density at radius 3 is 2.47 bits per heavy atom. The number of benzene rings is 1. The third kappa shape index (κ3) is 5.54. The van der Waals surface area contributed by atoms with Gasteiger partial charge >= 0.3 is 0 Å². The third-order valence-electron chi connectivity index (χ3n) is 7.25. The summed E-state index contributed by atoms with van der Waals surface area (Å²) >= 11 is 1.48. The summed E-state index contributed by atoms with van der Waals surface area (Å²) in [5, 5.41) is 7.00. The van der Waals surface area contributed by atoms with E-state index < -0.39 is 0 Å². The Hall–Kier alpha value is -2.98. The van der Waals surface area contributed by atoms with Gasteiger partial charge in [-0.1, -0.05) is 6.42 Å². The molecule has 0 bridgehead atoms. The van der Waals surface area contributed by atoms with E-state index in [1.165, 1.54) is 36.6 Å². The van der Waals surface area contributed by atoms with Crippen LogP contribution in [0.3, 0.4) is 0 Å². The van der Waals surface area contributed by atoms with Gasteiger partial charge in [0.05, 0.1) is 6.54 Å². The number of anilines is 2. The lowest BCUT2D eigenvalue weighted by Gasteiger charge is -2.32. The molecule has 0 unspecified atom stereocenters. The first-order valence-electron chi connectivity index (χ1n) is 12.9. The van der Waals surface area contributed by atoms with Crippen LogP contribution in [0.5, 0.6) is 0 Å². The number of piperazine rings is 1. The molecule has 6 rings (SSSR count). The van der Waals surface area contributed by atoms with Crippen LogP contribution in [0.1, 0.15) is 42.5 Å². The summed E-state index contributed by atoms with van der Waals surface area (Å²) in [5.74, 6) is 2.71. The number of carbonyl (C=O) groups is 1. The first-order chi connectivity index (χ1) is 17.6. The van der Waals surface area contributed by atoms with Crippen molar-refractivity contribution in [2.45, 2.75) is 48.2 Å². The van der Waals surface area contributed by atoms with Gasteiger partial charge < -0.3 is 20.4 Å². The van der Waals surface area contributed by atoms with Gasteiger partial charge in [0, 0.05) is 42.7 Å². The van der Waals surface area contributed by atoms with Crippen LogP contribution in [0, 0.1) is 5.92 Å². The van der Waals surface area contributed by atoms with Gasteiger partial charge in [0.2, 0.25) is 11.9 Å². The van der Waals surface area contributed by atoms with Gasteiger partial charge in [0.1, 0.15) is 5.84 Å². The molecule has 36 heavy (non-hydrogen) atoms. The SMILES string of the molecule is CN1CCN(c2nc(NC3=NCC(C4CCC4)=C3)nc(Sc3ccc(C(=O)NC4CC4)cc3)n2)CC1. The topological polar surface area (TPSA) is 98.6 Å². The van der Waals surface area contributed by atoms with E-state index in [2.05, 4.69) is 38.5 Å². The zero-order chi connectivity index (χ0) is 24.5. The Kier molecular flexibility index (Phi) is 6.62. The quantitative estimate of drug-likeness (QED) is 0.593. The van der Waals surface area contributed by atoms with Crippen molar-refractivity contribution in [2.75, 3.05) is 50.0 Å². The second-order valence-corrected chi connectivity index (χ2v) is 11.1. The first-order valence-corrected chi connectivity index (χ1v) is 13.7. The van der Waals surface area contributed by atoms with Crippen LogP contribution in [0.15, 0.2) is 51.0 Å². The van der Waals surface area contributed by atoms with Gasteiger partial charge in [-0.3, -0.25) is 9.79 Å². The third-order valence-corrected chi connectivity index (χ3v) is 8.12. The zero-order valence-corrected chi connectivity index (χ0v) is 21.4. The van der Waals surface area contributed by atoms with Crippen LogP contribution >= 0.6 is 11.8 Å². The standard InChI is InChI=1S/C26H32N8OS/c1-33-11-13-34(14-12-33)25-30-24(29-22-15-19(16-27-22)17-3-2-4-17)31-26(32-25)36-21-9-5-18(6-10-21)23(35)28-20-7-8-20/h5-6,9-10,15,17,20H,2-4,7-8,11-14,16H2,1H3,(H,28,35)(H,27,29,30,31,32). The van der Waals surface area contributed by atoms with Crippen molar-refractivity contribution in [2.24, 2.45) is 10.9 Å². The number of likely N-dealkylation sites (N-methyl/N-ethyl adjacent to an activating group) is 1. The Balaban J connectivity index is 1.20. The van der Waals surface area contributed by atoms with E-state index in [1.807, 2.05) is 24.3 Å². The highest BCUT2D eigenvalue weighted by Gasteiger charge is 2.26. The van der Waals surface area contributed by atoms with E-state index in [-0.39, 0.29) is 5.91 Å². The Labute approximate surface area is 215 Å². The molecule has 0 radical (unpaired) electrons. The molecule has 0 spiro atoms. The predicted molar refractivity (Wildman–Crippen MR) is 142 cm³/mol. The van der Waals surface area contributed by atoms with Crippen molar-refractivity contribution >= 4 is 35.4 Å². The molecule has 9 nitrogen and oxygen atoms in total. The number of aliphatic imine (C=N–C) groups is 1. The summed E-state index contributed by atoms with van der Waals surface area (Å²) in [4.78, 5) is 36.8. The molecule has 1 saturated heterocycles. The number of aromatic nitrogens is 3. The molecule has 10 heteroatoms. The van der Waals surface area contributed by atoms with Crippen molar-refractivity contribution in [3.05, 3.63) is 41.5 Å². The minimum absolute atomic E-state index is 0.00952. The molecule has 2 saturated carbocycles. The molecule has 2 aliphatic heterocycles. The number of rotatable bonds is 7. The van der Waals surface area contributed by atoms with Crippen LogP contribution in [0.2, 0.25) is 0 Å². The molecule has 1 aromatic heterocycles. The molecular formula is C26H32N8OS. The Bertz CT molecular complexity index is 1180. The fourth-order valence-electron chi connectivity index (χ4n) is 4.53. The second kappa shape index (κ2) is 10.2. The predicted octanol–water partition coefficient (Wildman–Crippen LogP) is 3.22. The lowest BCUT2D eigenvalue weighted by Crippen LogP contribution is -2.45. The van der Waals surface area contributed by atoms with Crippen LogP contribution in [-0.4, -0.2) is 77.4 Å². The maximum absolute atomic E-state index is 12.3. The summed E-state index contributed by atoms with van der Waals surface area (Å²) in [6, 6.07) is 7.98. The van der Waals surface area contributed by atoms with Gasteiger partial charge in [-0.05, 0) is 86.3 Å². The number of hydrogen-bond donors (Lipinski definition) is 2. The van der Waals surface area contributed by atoms with Gasteiger partial charge in [-0.2, -0.15) is 15.0 Å². The fourth-order valence-corrected chi connectivity index (χ4v) is 5.27. The van der Waals surface area contributed by atoms with Crippen LogP contribution in [0.4, 0.5) is 11.9 Å². The molecule has 0 atom stereocenters. The Morgan fingerprint density at radius 1 is 1.00 bits per heavy atom. The molecule has 2 aromatic rings. The van der Waals surface area contributed by atoms with Crippen molar-refractivity contribution < 1.29 is 4.79 Å². The van der Waals surface area contributed by atoms with E-state index in [9.17, 15) is 4.79 Å². The molecular weight excluding hydrogens is 472 g/mol. The van der Waals surface area contributed by atoms with Crippen molar-refractivity contribution in [1.29, 1.82) is 0 Å². The maximum atomic E-state index is 12.3. The number of hydrogen-bond acceptors (Lipinski definition) is 9. The van der Waals surface area contributed by atoms with Gasteiger partial charge in [-0.15, -0.1) is 0 Å². The highest BCUT2D eigenvalue weighted by atomic mass is 32.2. The number of nitrogens with one attached hydrogen (secondary N) is 2. The Morgan fingerprint density at radius 2 is 1.78 bits per heavy atom.